The SMILES string of the molecule is CC.CCc1c(F)cc(OCCOC)cc1F.Cc1ccccc1C(=N)c1nc2c(c(=O)[nH]1)COCC2. The summed E-state index contributed by atoms with van der Waals surface area (Å²) in [5, 5.41) is 8.26. The van der Waals surface area contributed by atoms with E-state index in [1.165, 1.54) is 19.2 Å². The second kappa shape index (κ2) is 15.0. The van der Waals surface area contributed by atoms with Crippen molar-refractivity contribution >= 4 is 5.71 Å². The largest absolute Gasteiger partial charge is 0.491 e. The second-order valence-corrected chi connectivity index (χ2v) is 7.89. The zero-order valence-electron chi connectivity index (χ0n) is 22.0. The van der Waals surface area contributed by atoms with Gasteiger partial charge in [-0.2, -0.15) is 0 Å². The predicted molar refractivity (Wildman–Crippen MR) is 140 cm³/mol. The lowest BCUT2D eigenvalue weighted by atomic mass is 10.0. The number of fused-ring (bicyclic) bond motifs is 1. The molecule has 1 aliphatic rings. The highest BCUT2D eigenvalue weighted by Gasteiger charge is 2.18. The van der Waals surface area contributed by atoms with Crippen LogP contribution in [-0.2, 0) is 28.9 Å². The highest BCUT2D eigenvalue weighted by molar-refractivity contribution is 6.09. The monoisotopic (exact) mass is 515 g/mol. The van der Waals surface area contributed by atoms with Gasteiger partial charge in [-0.3, -0.25) is 10.2 Å². The number of aryl methyl sites for hydroxylation is 1. The van der Waals surface area contributed by atoms with Crippen LogP contribution in [-0.4, -0.2) is 42.6 Å². The van der Waals surface area contributed by atoms with Gasteiger partial charge in [-0.05, 0) is 18.9 Å². The molecule has 0 radical (unpaired) electrons. The molecule has 2 N–H and O–H groups in total. The fourth-order valence-corrected chi connectivity index (χ4v) is 3.59. The molecule has 2 aromatic carbocycles. The van der Waals surface area contributed by atoms with E-state index in [-0.39, 0.29) is 29.2 Å². The Morgan fingerprint density at radius 3 is 2.46 bits per heavy atom. The van der Waals surface area contributed by atoms with Crippen LogP contribution in [0.3, 0.4) is 0 Å². The maximum Gasteiger partial charge on any atom is 0.256 e. The van der Waals surface area contributed by atoms with E-state index >= 15 is 0 Å². The van der Waals surface area contributed by atoms with Gasteiger partial charge in [-0.25, -0.2) is 13.8 Å². The summed E-state index contributed by atoms with van der Waals surface area (Å²) in [7, 11) is 1.53. The summed E-state index contributed by atoms with van der Waals surface area (Å²) >= 11 is 0. The summed E-state index contributed by atoms with van der Waals surface area (Å²) in [6.45, 7) is 9.18. The molecule has 0 saturated heterocycles. The lowest BCUT2D eigenvalue weighted by Crippen LogP contribution is -2.27. The summed E-state index contributed by atoms with van der Waals surface area (Å²) in [6, 6.07) is 9.98. The maximum absolute atomic E-state index is 13.3. The van der Waals surface area contributed by atoms with Gasteiger partial charge in [0.05, 0.1) is 31.1 Å². The number of nitrogens with one attached hydrogen (secondary N) is 2. The van der Waals surface area contributed by atoms with Gasteiger partial charge in [-0.15, -0.1) is 0 Å². The first-order chi connectivity index (χ1) is 17.8. The first-order valence-electron chi connectivity index (χ1n) is 12.3. The lowest BCUT2D eigenvalue weighted by molar-refractivity contribution is 0.108. The van der Waals surface area contributed by atoms with Gasteiger partial charge in [-0.1, -0.05) is 45.0 Å². The molecule has 9 heteroatoms. The zero-order valence-corrected chi connectivity index (χ0v) is 22.0. The van der Waals surface area contributed by atoms with Gasteiger partial charge < -0.3 is 19.2 Å². The predicted octanol–water partition coefficient (Wildman–Crippen LogP) is 5.15. The highest BCUT2D eigenvalue weighted by Crippen LogP contribution is 2.21. The van der Waals surface area contributed by atoms with Crippen molar-refractivity contribution in [3.05, 3.63) is 92.2 Å². The minimum Gasteiger partial charge on any atom is -0.491 e. The number of rotatable bonds is 7. The number of ether oxygens (including phenoxy) is 3. The van der Waals surface area contributed by atoms with Crippen molar-refractivity contribution in [1.82, 2.24) is 9.97 Å². The number of methoxy groups -OCH3 is 1. The Bertz CT molecular complexity index is 1220. The maximum atomic E-state index is 13.3. The van der Waals surface area contributed by atoms with Crippen molar-refractivity contribution in [2.24, 2.45) is 0 Å². The van der Waals surface area contributed by atoms with Crippen LogP contribution in [0.15, 0.2) is 41.2 Å². The number of aromatic nitrogens is 2. The van der Waals surface area contributed by atoms with E-state index in [4.69, 9.17) is 19.6 Å². The molecule has 37 heavy (non-hydrogen) atoms. The van der Waals surface area contributed by atoms with Crippen molar-refractivity contribution in [2.45, 2.75) is 47.1 Å². The van der Waals surface area contributed by atoms with Crippen LogP contribution in [0, 0.1) is 24.0 Å². The highest BCUT2D eigenvalue weighted by atomic mass is 19.1. The molecule has 3 aromatic rings. The molecule has 0 aliphatic carbocycles. The number of halogens is 2. The van der Waals surface area contributed by atoms with Crippen molar-refractivity contribution in [3.63, 3.8) is 0 Å². The Labute approximate surface area is 216 Å². The number of hydrogen-bond acceptors (Lipinski definition) is 6. The van der Waals surface area contributed by atoms with Gasteiger partial charge in [0.2, 0.25) is 0 Å². The Morgan fingerprint density at radius 1 is 1.16 bits per heavy atom. The van der Waals surface area contributed by atoms with Crippen molar-refractivity contribution in [3.8, 4) is 5.75 Å². The molecule has 1 aliphatic heterocycles. The minimum atomic E-state index is -0.565. The molecule has 0 unspecified atom stereocenters. The van der Waals surface area contributed by atoms with Gasteiger partial charge in [0.25, 0.3) is 5.56 Å². The summed E-state index contributed by atoms with van der Waals surface area (Å²) in [4.78, 5) is 19.2. The summed E-state index contributed by atoms with van der Waals surface area (Å²) in [6.07, 6.45) is 0.948. The van der Waals surface area contributed by atoms with Crippen LogP contribution in [0.4, 0.5) is 8.78 Å². The third kappa shape index (κ3) is 8.03. The number of nitrogens with zero attached hydrogens (tertiary/aromatic N) is 1. The Kier molecular flexibility index (Phi) is 12.1. The van der Waals surface area contributed by atoms with Crippen LogP contribution in [0.25, 0.3) is 0 Å². The average molecular weight is 516 g/mol. The van der Waals surface area contributed by atoms with E-state index in [1.54, 1.807) is 6.92 Å². The van der Waals surface area contributed by atoms with Crippen molar-refractivity contribution < 1.29 is 23.0 Å². The van der Waals surface area contributed by atoms with E-state index in [0.717, 1.165) is 16.8 Å². The van der Waals surface area contributed by atoms with E-state index in [9.17, 15) is 13.6 Å². The minimum absolute atomic E-state index is 0.0918. The molecule has 7 nitrogen and oxygen atoms in total. The third-order valence-corrected chi connectivity index (χ3v) is 5.51. The van der Waals surface area contributed by atoms with Crippen LogP contribution in [0.5, 0.6) is 5.75 Å². The number of H-pyrrole nitrogens is 1. The molecule has 0 bridgehead atoms. The van der Waals surface area contributed by atoms with Crippen molar-refractivity contribution in [2.75, 3.05) is 26.9 Å². The Hall–Kier alpha value is -3.43. The molecule has 0 amide bonds. The summed E-state index contributed by atoms with van der Waals surface area (Å²) < 4.78 is 41.7. The molecule has 0 fully saturated rings. The van der Waals surface area contributed by atoms with Gasteiger partial charge in [0, 0.05) is 36.8 Å². The van der Waals surface area contributed by atoms with Gasteiger partial charge >= 0.3 is 0 Å². The van der Waals surface area contributed by atoms with Gasteiger partial charge in [0.1, 0.15) is 29.7 Å². The molecule has 4 rings (SSSR count). The van der Waals surface area contributed by atoms with Crippen LogP contribution < -0.4 is 10.3 Å². The molecule has 0 saturated carbocycles. The standard InChI is InChI=1S/C15H15N3O2.C11H14F2O2.C2H6/c1-9-4-2-3-5-10(9)13(16)14-17-12-6-7-20-8-11(12)15(19)18-14;1-3-9-10(12)6-8(7-11(9)13)15-5-4-14-2;1-2/h2-5,16H,6-8H2,1H3,(H,17,18,19);6-7H,3-5H2,1-2H3;1-2H3. The number of hydrogen-bond donors (Lipinski definition) is 2. The second-order valence-electron chi connectivity index (χ2n) is 7.89. The fraction of sp³-hybridized carbons (Fsp3) is 0.393. The quantitative estimate of drug-likeness (QED) is 0.335. The smallest absolute Gasteiger partial charge is 0.256 e. The van der Waals surface area contributed by atoms with E-state index in [1.807, 2.05) is 45.0 Å². The van der Waals surface area contributed by atoms with E-state index in [0.29, 0.717) is 44.1 Å². The Morgan fingerprint density at radius 2 is 1.84 bits per heavy atom. The summed E-state index contributed by atoms with van der Waals surface area (Å²) in [5.41, 5.74) is 3.22. The van der Waals surface area contributed by atoms with Crippen LogP contribution >= 0.6 is 0 Å². The molecule has 1 aromatic heterocycles. The van der Waals surface area contributed by atoms with Crippen LogP contribution in [0.1, 0.15) is 54.5 Å². The lowest BCUT2D eigenvalue weighted by Gasteiger charge is -2.16. The molecular weight excluding hydrogens is 480 g/mol. The third-order valence-electron chi connectivity index (χ3n) is 5.51. The van der Waals surface area contributed by atoms with Gasteiger partial charge in [0.15, 0.2) is 5.82 Å². The number of benzene rings is 2. The average Bonchev–Trinajstić information content (AvgIpc) is 2.90. The Balaban J connectivity index is 0.000000254. The number of aromatic amines is 1. The normalized spacial score (nSPS) is 11.9. The zero-order chi connectivity index (χ0) is 27.4. The molecule has 2 heterocycles. The topological polar surface area (TPSA) is 97.3 Å². The molecule has 0 atom stereocenters. The van der Waals surface area contributed by atoms with E-state index in [2.05, 4.69) is 9.97 Å². The first-order valence-corrected chi connectivity index (χ1v) is 12.3. The fourth-order valence-electron chi connectivity index (χ4n) is 3.59. The first kappa shape index (κ1) is 29.8. The van der Waals surface area contributed by atoms with E-state index < -0.39 is 11.6 Å². The molecule has 0 spiro atoms. The van der Waals surface area contributed by atoms with Crippen molar-refractivity contribution in [1.29, 1.82) is 5.41 Å². The van der Waals surface area contributed by atoms with Crippen LogP contribution in [0.2, 0.25) is 0 Å². The molecular formula is C28H35F2N3O4. The molecule has 200 valence electrons. The summed E-state index contributed by atoms with van der Waals surface area (Å²) in [5.74, 6) is -0.612.